The third-order valence-corrected chi connectivity index (χ3v) is 33.8. The average Bonchev–Trinajstić information content (AvgIpc) is 1.59. The van der Waals surface area contributed by atoms with Crippen LogP contribution < -0.4 is 0 Å². The largest absolute Gasteiger partial charge is 0.523 e. The molecule has 6 spiro atoms. The number of Topliss-reactive ketones (excluding diaryl/α,β-unsaturated/α-hetero) is 2. The van der Waals surface area contributed by atoms with Gasteiger partial charge in [0.05, 0.1) is 60.7 Å². The maximum Gasteiger partial charge on any atom is 0.203 e. The molecule has 1 aliphatic heterocycles. The lowest BCUT2D eigenvalue weighted by Gasteiger charge is -2.60. The van der Waals surface area contributed by atoms with E-state index >= 15 is 0 Å². The zero-order chi connectivity index (χ0) is 75.7. The van der Waals surface area contributed by atoms with Crippen molar-refractivity contribution in [3.8, 4) is 0 Å². The molecular formula is C90H122N12O7. The summed E-state index contributed by atoms with van der Waals surface area (Å²) in [6.07, 6.45) is 55.3. The second kappa shape index (κ2) is 26.3. The third kappa shape index (κ3) is 10.7. The molecule has 0 aromatic carbocycles. The van der Waals surface area contributed by atoms with Crippen molar-refractivity contribution >= 4 is 11.6 Å². The van der Waals surface area contributed by atoms with Crippen molar-refractivity contribution in [1.82, 2.24) is 54.1 Å². The van der Waals surface area contributed by atoms with Crippen LogP contribution in [0.4, 0.5) is 0 Å². The van der Waals surface area contributed by atoms with Gasteiger partial charge in [0.1, 0.15) is 17.3 Å². The molecule has 10 atom stereocenters. The number of hydrogen-bond acceptors (Lipinski definition) is 13. The monoisotopic (exact) mass is 1480 g/mol. The van der Waals surface area contributed by atoms with E-state index in [1.165, 1.54) is 152 Å². The van der Waals surface area contributed by atoms with E-state index in [0.29, 0.717) is 65.2 Å². The minimum atomic E-state index is -0.292. The summed E-state index contributed by atoms with van der Waals surface area (Å²) in [5.74, 6) is 4.72. The Bertz CT molecular complexity index is 4640. The lowest BCUT2D eigenvalue weighted by atomic mass is 9.47. The molecule has 6 aromatic rings. The molecule has 109 heavy (non-hydrogen) atoms. The van der Waals surface area contributed by atoms with Crippen LogP contribution in [0, 0.1) is 57.8 Å². The summed E-state index contributed by atoms with van der Waals surface area (Å²) in [6.45, 7) is 20.9. The van der Waals surface area contributed by atoms with Crippen LogP contribution in [-0.4, -0.2) is 94.8 Å². The first-order valence-corrected chi connectivity index (χ1v) is 42.9. The molecule has 584 valence electrons. The number of allylic oxidation sites excluding steroid dienone is 3. The van der Waals surface area contributed by atoms with E-state index in [0.717, 1.165) is 160 Å². The van der Waals surface area contributed by atoms with Crippen molar-refractivity contribution < 1.29 is 33.8 Å². The molecule has 0 unspecified atom stereocenters. The minimum absolute atomic E-state index is 0.00219. The standard InChI is InChI=1S/C19H28N2O2.2C18H23N3O.C18H24N2O2.C17H24N2O/c1-17-9-10-19(22-11-12-23-19)18(7-3-4-8-18)15(17)6-5-14-13-21(2)20-16(14)17;1-17-9-13-10-19-22-16(13)18(7-3-4-8-18)14(17)6-5-12-11-21(2)20-15(12)17;1-17-10-13(19-2)16(22)18(8-4-5-9-18)14(17)7-6-12-11-21(3)20-15(12)17;1-17-9-13(11-21)16(22)18(7-3-4-8-18)14(17)6-5-12-10-20(2)19-15(12)17;1-16-10-7-14(20)17(8-3-4-9-17)13(16)6-5-12-11-19(2)18-15(12)16/h13,15H,3-12H2,1-2H3;10-11,14H,3-9H2,1-2H3;11,14,22H,4-10H2,1,3H3;10-11,14,21H,3-9H2,1-2H3;11,13H,3-10H2,1-2H3/b;;;13-11-;/t15-,17+;3*14-,17+;13-,16+/m11111/s1. The molecule has 9 fully saturated rings. The van der Waals surface area contributed by atoms with Crippen LogP contribution in [0.1, 0.15) is 301 Å². The molecule has 1 saturated heterocycles. The van der Waals surface area contributed by atoms with Crippen molar-refractivity contribution in [1.29, 1.82) is 0 Å². The quantitative estimate of drug-likeness (QED) is 0.0824. The van der Waals surface area contributed by atoms with Gasteiger partial charge in [0, 0.05) is 144 Å². The third-order valence-electron chi connectivity index (χ3n) is 33.8. The van der Waals surface area contributed by atoms with Crippen LogP contribution in [-0.2, 0) is 125 Å². The summed E-state index contributed by atoms with van der Waals surface area (Å²) in [6, 6.07) is 0. The fraction of sp³-hybridized carbons (Fsp3) is 0.722. The van der Waals surface area contributed by atoms with E-state index in [9.17, 15) is 19.8 Å². The Morgan fingerprint density at radius 1 is 0.440 bits per heavy atom. The molecule has 8 saturated carbocycles. The number of carbonyl (C=O) groups excluding carboxylic acids is 2. The van der Waals surface area contributed by atoms with Crippen molar-refractivity contribution in [3.63, 3.8) is 0 Å². The molecule has 22 rings (SSSR count). The highest BCUT2D eigenvalue weighted by molar-refractivity contribution is 6.01. The number of ether oxygens (including phenoxy) is 2. The number of carbonyl (C=O) groups is 2. The highest BCUT2D eigenvalue weighted by atomic mass is 16.7. The van der Waals surface area contributed by atoms with E-state index in [4.69, 9.17) is 46.1 Å². The number of nitrogens with zero attached hydrogens (tertiary/aromatic N) is 12. The normalized spacial score (nSPS) is 34.4. The molecule has 6 aromatic heterocycles. The number of hydrogen-bond donors (Lipinski definition) is 2. The Morgan fingerprint density at radius 3 is 1.28 bits per heavy atom. The van der Waals surface area contributed by atoms with Gasteiger partial charge in [-0.2, -0.15) is 25.5 Å². The number of aliphatic hydroxyl groups is 2. The van der Waals surface area contributed by atoms with Crippen LogP contribution in [0.15, 0.2) is 65.0 Å². The molecule has 16 aliphatic rings. The van der Waals surface area contributed by atoms with Crippen LogP contribution in [0.3, 0.4) is 0 Å². The Labute approximate surface area is 645 Å². The van der Waals surface area contributed by atoms with Gasteiger partial charge in [-0.15, -0.1) is 0 Å². The number of rotatable bonds is 0. The summed E-state index contributed by atoms with van der Waals surface area (Å²) in [5.41, 5.74) is 16.1. The minimum Gasteiger partial charge on any atom is -0.523 e. The molecule has 19 nitrogen and oxygen atoms in total. The molecule has 15 aliphatic carbocycles. The molecular weight excluding hydrogens is 1360 g/mol. The molecule has 0 amide bonds. The number of aryl methyl sites for hydroxylation is 10. The summed E-state index contributed by atoms with van der Waals surface area (Å²) in [4.78, 5) is 29.5. The molecule has 2 N–H and O–H groups in total. The lowest BCUT2D eigenvalue weighted by Crippen LogP contribution is -2.62. The smallest absolute Gasteiger partial charge is 0.203 e. The van der Waals surface area contributed by atoms with Crippen LogP contribution in [0.25, 0.3) is 4.85 Å². The summed E-state index contributed by atoms with van der Waals surface area (Å²) in [5, 5.41) is 48.8. The van der Waals surface area contributed by atoms with Gasteiger partial charge in [-0.1, -0.05) is 104 Å². The van der Waals surface area contributed by atoms with E-state index < -0.39 is 0 Å². The fourth-order valence-corrected chi connectivity index (χ4v) is 29.7. The highest BCUT2D eigenvalue weighted by Gasteiger charge is 2.70. The van der Waals surface area contributed by atoms with Crippen molar-refractivity contribution in [3.05, 3.63) is 140 Å². The van der Waals surface area contributed by atoms with Crippen LogP contribution in [0.5, 0.6) is 0 Å². The molecule has 7 heterocycles. The number of ketones is 2. The molecule has 0 radical (unpaired) electrons. The van der Waals surface area contributed by atoms with Crippen molar-refractivity contribution in [2.24, 2.45) is 86.5 Å². The summed E-state index contributed by atoms with van der Waals surface area (Å²) < 4.78 is 28.3. The van der Waals surface area contributed by atoms with Gasteiger partial charge in [0.2, 0.25) is 5.70 Å². The summed E-state index contributed by atoms with van der Waals surface area (Å²) >= 11 is 0. The van der Waals surface area contributed by atoms with Crippen LogP contribution in [0.2, 0.25) is 0 Å². The Balaban J connectivity index is 0.0000000959. The zero-order valence-electron chi connectivity index (χ0n) is 67.3. The van der Waals surface area contributed by atoms with Gasteiger partial charge in [-0.3, -0.25) is 33.0 Å². The van der Waals surface area contributed by atoms with Gasteiger partial charge in [0.15, 0.2) is 11.6 Å². The molecule has 0 bridgehead atoms. The second-order valence-corrected chi connectivity index (χ2v) is 39.2. The Kier molecular flexibility index (Phi) is 17.8. The number of aliphatic hydroxyl groups excluding tert-OH is 2. The molecule has 19 heteroatoms. The second-order valence-electron chi connectivity index (χ2n) is 39.2. The predicted octanol–water partition coefficient (Wildman–Crippen LogP) is 16.9. The average molecular weight is 1480 g/mol. The van der Waals surface area contributed by atoms with E-state index in [-0.39, 0.29) is 65.7 Å². The predicted molar refractivity (Wildman–Crippen MR) is 415 cm³/mol. The van der Waals surface area contributed by atoms with E-state index in [1.54, 1.807) is 0 Å². The fourth-order valence-electron chi connectivity index (χ4n) is 29.7. The Hall–Kier alpha value is -6.91. The van der Waals surface area contributed by atoms with Crippen molar-refractivity contribution in [2.45, 2.75) is 310 Å². The van der Waals surface area contributed by atoms with Crippen molar-refractivity contribution in [2.75, 3.05) is 13.2 Å². The van der Waals surface area contributed by atoms with Gasteiger partial charge in [-0.05, 0) is 218 Å². The maximum absolute atomic E-state index is 13.0. The van der Waals surface area contributed by atoms with E-state index in [1.807, 2.05) is 50.7 Å². The van der Waals surface area contributed by atoms with Gasteiger partial charge < -0.3 is 24.2 Å². The van der Waals surface area contributed by atoms with Crippen LogP contribution >= 0.6 is 0 Å². The first-order chi connectivity index (χ1) is 52.3. The lowest BCUT2D eigenvalue weighted by molar-refractivity contribution is -0.286. The number of fused-ring (bicyclic) bond motifs is 23. The Morgan fingerprint density at radius 2 is 0.817 bits per heavy atom. The zero-order valence-corrected chi connectivity index (χ0v) is 67.3. The topological polar surface area (TPSA) is 213 Å². The highest BCUT2D eigenvalue weighted by Crippen LogP contribution is 2.70. The SMILES string of the molecule is Cn1cc2c(n1)[C@@]1(C)C/C(=C/O)C(=O)C3(CCCC3)[C@@H]1CC2.Cn1cc2c(n1)[C@@]1(C)CCC(=O)C3(CCCC3)[C@@H]1CC2.Cn1cc2c(n1)[C@@]1(C)CCC3(OCCO3)C3(CCCC3)[C@@H]1CC2.Cn1cc2c(n1)[C@@]1(C)Cc3cnoc3C3(CCCC3)[C@@H]1CC2.[C-]#[N+]C1=C(O)C2(CCCC2)[C@@H]2CCc3cn(C)nc3[C@@]2(C)C1. The maximum atomic E-state index is 13.0. The van der Waals surface area contributed by atoms with Gasteiger partial charge >= 0.3 is 0 Å². The van der Waals surface area contributed by atoms with E-state index in [2.05, 4.69) is 89.7 Å². The summed E-state index contributed by atoms with van der Waals surface area (Å²) in [7, 11) is 10.1. The first-order valence-electron chi connectivity index (χ1n) is 42.9. The first kappa shape index (κ1) is 73.6. The van der Waals surface area contributed by atoms with Gasteiger partial charge in [0.25, 0.3) is 0 Å². The van der Waals surface area contributed by atoms with Gasteiger partial charge in [-0.25, -0.2) is 4.85 Å². The number of aromatic nitrogens is 11.